The summed E-state index contributed by atoms with van der Waals surface area (Å²) >= 11 is 0. The molecule has 0 aromatic rings. The van der Waals surface area contributed by atoms with Gasteiger partial charge in [0.05, 0.1) is 0 Å². The van der Waals surface area contributed by atoms with Crippen molar-refractivity contribution in [3.05, 3.63) is 0 Å². The first kappa shape index (κ1) is 13.6. The molecule has 0 N–H and O–H groups in total. The number of nitriles is 1. The molecule has 0 rings (SSSR count). The molecule has 0 amide bonds. The standard InChI is InChI=1S/C3H7NO4S.K/c1-9(2,5,6)8-7-3-4;/h1-2H3,(H,5,6);/q;+1/p-1. The minimum Gasteiger partial charge on any atom is -0.767 e. The Morgan fingerprint density at radius 2 is 2.00 bits per heavy atom. The fourth-order valence-electron chi connectivity index (χ4n) is 0.111. The maximum Gasteiger partial charge on any atom is 1.00 e. The van der Waals surface area contributed by atoms with Gasteiger partial charge in [-0.25, -0.2) is 4.89 Å². The van der Waals surface area contributed by atoms with E-state index in [1.165, 1.54) is 0 Å². The monoisotopic (exact) mass is 191 g/mol. The maximum absolute atomic E-state index is 10.5. The van der Waals surface area contributed by atoms with E-state index < -0.39 is 9.63 Å². The molecule has 0 unspecified atom stereocenters. The van der Waals surface area contributed by atoms with Crippen LogP contribution in [0.5, 0.6) is 0 Å². The van der Waals surface area contributed by atoms with Gasteiger partial charge in [-0.15, -0.1) is 9.60 Å². The van der Waals surface area contributed by atoms with Gasteiger partial charge in [0.1, 0.15) is 0 Å². The van der Waals surface area contributed by atoms with E-state index in [1.54, 1.807) is 0 Å². The molecule has 0 fully saturated rings. The summed E-state index contributed by atoms with van der Waals surface area (Å²) in [5.74, 6) is 0. The van der Waals surface area contributed by atoms with Crippen molar-refractivity contribution in [1.29, 1.82) is 5.26 Å². The number of sulfone groups is 1. The Bertz CT molecular complexity index is 192. The summed E-state index contributed by atoms with van der Waals surface area (Å²) in [5.41, 5.74) is 0. The molecule has 0 radical (unpaired) electrons. The fraction of sp³-hybridized carbons (Fsp3) is 0.667. The van der Waals surface area contributed by atoms with Crippen LogP contribution >= 0.6 is 0 Å². The quantitative estimate of drug-likeness (QED) is 0.196. The van der Waals surface area contributed by atoms with E-state index in [0.29, 0.717) is 0 Å². The van der Waals surface area contributed by atoms with Crippen molar-refractivity contribution in [1.82, 2.24) is 0 Å². The van der Waals surface area contributed by atoms with Crippen LogP contribution in [0.2, 0.25) is 0 Å². The van der Waals surface area contributed by atoms with Crippen molar-refractivity contribution < 1.29 is 69.4 Å². The van der Waals surface area contributed by atoms with Crippen molar-refractivity contribution in [3.63, 3.8) is 0 Å². The van der Waals surface area contributed by atoms with Crippen LogP contribution in [0.3, 0.4) is 0 Å². The molecule has 0 heterocycles. The summed E-state index contributed by atoms with van der Waals surface area (Å²) in [6.07, 6.45) is 2.68. The molecule has 0 bridgehead atoms. The SMILES string of the molecule is CS(C)(=O)([O-])OOC#N.[K+]. The predicted molar refractivity (Wildman–Crippen MR) is 28.6 cm³/mol. The van der Waals surface area contributed by atoms with Gasteiger partial charge in [0.15, 0.2) is 0 Å². The van der Waals surface area contributed by atoms with Gasteiger partial charge < -0.3 is 4.55 Å². The minimum absolute atomic E-state index is 0. The average molecular weight is 191 g/mol. The summed E-state index contributed by atoms with van der Waals surface area (Å²) in [6.45, 7) is 0. The molecular weight excluding hydrogens is 185 g/mol. The number of nitrogens with zero attached hydrogens (tertiary/aromatic N) is 1. The zero-order valence-electron chi connectivity index (χ0n) is 5.99. The van der Waals surface area contributed by atoms with Gasteiger partial charge in [-0.3, -0.25) is 4.21 Å². The molecule has 0 aliphatic rings. The molecule has 0 aromatic carbocycles. The largest absolute Gasteiger partial charge is 1.00 e. The topological polar surface area (TPSA) is 82.4 Å². The summed E-state index contributed by atoms with van der Waals surface area (Å²) in [4.78, 5) is 3.53. The van der Waals surface area contributed by atoms with Crippen molar-refractivity contribution in [2.24, 2.45) is 0 Å². The van der Waals surface area contributed by atoms with Crippen molar-refractivity contribution >= 4 is 9.63 Å². The third-order valence-corrected chi connectivity index (χ3v) is 0.714. The third kappa shape index (κ3) is 11.8. The zero-order valence-corrected chi connectivity index (χ0v) is 9.93. The van der Waals surface area contributed by atoms with E-state index >= 15 is 0 Å². The first-order valence-electron chi connectivity index (χ1n) is 1.91. The average Bonchev–Trinajstić information content (AvgIpc) is 1.57. The Hall–Kier alpha value is 0.996. The maximum atomic E-state index is 10.5. The Morgan fingerprint density at radius 3 is 2.10 bits per heavy atom. The molecule has 5 nitrogen and oxygen atoms in total. The number of hydrogen-bond donors (Lipinski definition) is 0. The molecule has 7 heteroatoms. The normalized spacial score (nSPS) is 13.6. The van der Waals surface area contributed by atoms with Gasteiger partial charge in [0.2, 0.25) is 0 Å². The van der Waals surface area contributed by atoms with E-state index in [1.807, 2.05) is 0 Å². The van der Waals surface area contributed by atoms with Crippen LogP contribution < -0.4 is 51.4 Å². The molecule has 0 aliphatic carbocycles. The van der Waals surface area contributed by atoms with Crippen LogP contribution in [0.25, 0.3) is 0 Å². The van der Waals surface area contributed by atoms with Crippen LogP contribution in [-0.4, -0.2) is 21.3 Å². The Labute approximate surface area is 101 Å². The second kappa shape index (κ2) is 4.13. The zero-order chi connectivity index (χ0) is 7.57. The van der Waals surface area contributed by atoms with E-state index in [0.717, 1.165) is 18.8 Å². The van der Waals surface area contributed by atoms with Crippen molar-refractivity contribution in [2.45, 2.75) is 0 Å². The van der Waals surface area contributed by atoms with Crippen LogP contribution in [0.15, 0.2) is 0 Å². The van der Waals surface area contributed by atoms with Gasteiger partial charge in [-0.2, -0.15) is 0 Å². The van der Waals surface area contributed by atoms with Crippen molar-refractivity contribution in [3.8, 4) is 6.26 Å². The Kier molecular flexibility index (Phi) is 5.61. The van der Waals surface area contributed by atoms with E-state index in [2.05, 4.69) is 9.22 Å². The second-order valence-electron chi connectivity index (χ2n) is 1.86. The van der Waals surface area contributed by atoms with Gasteiger partial charge in [0.25, 0.3) is 0 Å². The summed E-state index contributed by atoms with van der Waals surface area (Å²) in [5, 5.41) is 7.69. The van der Waals surface area contributed by atoms with Gasteiger partial charge in [-0.1, -0.05) is 0 Å². The Balaban J connectivity index is 0. The summed E-state index contributed by atoms with van der Waals surface area (Å²) in [7, 11) is -4.35. The number of hydrogen-bond acceptors (Lipinski definition) is 5. The molecule has 54 valence electrons. The first-order valence-corrected chi connectivity index (χ1v) is 4.54. The smallest absolute Gasteiger partial charge is 0.767 e. The van der Waals surface area contributed by atoms with Crippen molar-refractivity contribution in [2.75, 3.05) is 12.5 Å². The predicted octanol–water partition coefficient (Wildman–Crippen LogP) is -3.46. The van der Waals surface area contributed by atoms with Gasteiger partial charge >= 0.3 is 57.6 Å². The number of rotatable bonds is 2. The second-order valence-corrected chi connectivity index (χ2v) is 5.22. The molecule has 10 heavy (non-hydrogen) atoms. The molecule has 0 aromatic heterocycles. The molecule has 0 spiro atoms. The van der Waals surface area contributed by atoms with Crippen LogP contribution in [0, 0.1) is 11.5 Å². The Morgan fingerprint density at radius 1 is 1.60 bits per heavy atom. The van der Waals surface area contributed by atoms with Gasteiger partial charge in [0, 0.05) is 12.5 Å². The van der Waals surface area contributed by atoms with Crippen LogP contribution in [0.1, 0.15) is 0 Å². The first-order chi connectivity index (χ1) is 3.81. The van der Waals surface area contributed by atoms with E-state index in [4.69, 9.17) is 5.26 Å². The molecule has 0 saturated heterocycles. The third-order valence-electron chi connectivity index (χ3n) is 0.263. The molecule has 0 saturated carbocycles. The molecule has 0 atom stereocenters. The summed E-state index contributed by atoms with van der Waals surface area (Å²) < 4.78 is 24.7. The van der Waals surface area contributed by atoms with Gasteiger partial charge in [-0.05, 0) is 9.63 Å². The van der Waals surface area contributed by atoms with Crippen LogP contribution in [-0.2, 0) is 18.8 Å². The summed E-state index contributed by atoms with van der Waals surface area (Å²) in [6, 6.07) is 0. The van der Waals surface area contributed by atoms with E-state index in [9.17, 15) is 8.76 Å². The molecular formula is C3H6KNO4S. The van der Waals surface area contributed by atoms with Crippen LogP contribution in [0.4, 0.5) is 0 Å². The van der Waals surface area contributed by atoms with E-state index in [-0.39, 0.29) is 51.4 Å². The fourth-order valence-corrected chi connectivity index (χ4v) is 0.333. The minimum atomic E-state index is -4.35. The molecule has 0 aliphatic heterocycles.